The van der Waals surface area contributed by atoms with Crippen LogP contribution in [0.2, 0.25) is 0 Å². The number of hydrogen-bond acceptors (Lipinski definition) is 3. The second-order valence-electron chi connectivity index (χ2n) is 5.25. The molecular weight excluding hydrogens is 264 g/mol. The molecule has 21 heavy (non-hydrogen) atoms. The highest BCUT2D eigenvalue weighted by Gasteiger charge is 2.27. The summed E-state index contributed by atoms with van der Waals surface area (Å²) in [5.41, 5.74) is 2.22. The molecule has 1 aliphatic rings. The van der Waals surface area contributed by atoms with E-state index in [1.54, 1.807) is 0 Å². The Bertz CT molecular complexity index is 845. The highest BCUT2D eigenvalue weighted by atomic mass is 16.6. The molecule has 0 aliphatic carbocycles. The first-order valence-corrected chi connectivity index (χ1v) is 7.04. The standard InChI is InChI=1S/C18H14O3/c19-18-14-8-4-5-9-15(14)21-16(10-13-11-20-13)17(18)12-6-2-1-3-7-12/h1-9,13H,10-11H2. The van der Waals surface area contributed by atoms with Crippen LogP contribution in [0.1, 0.15) is 5.76 Å². The minimum absolute atomic E-state index is 0.0266. The molecule has 1 saturated heterocycles. The molecule has 2 heterocycles. The Morgan fingerprint density at radius 1 is 1.00 bits per heavy atom. The second-order valence-corrected chi connectivity index (χ2v) is 5.25. The number of hydrogen-bond donors (Lipinski definition) is 0. The van der Waals surface area contributed by atoms with Crippen molar-refractivity contribution in [3.63, 3.8) is 0 Å². The van der Waals surface area contributed by atoms with E-state index in [9.17, 15) is 4.79 Å². The van der Waals surface area contributed by atoms with Crippen LogP contribution in [0.5, 0.6) is 0 Å². The summed E-state index contributed by atoms with van der Waals surface area (Å²) in [6, 6.07) is 17.1. The summed E-state index contributed by atoms with van der Waals surface area (Å²) < 4.78 is 11.3. The molecule has 3 nitrogen and oxygen atoms in total. The van der Waals surface area contributed by atoms with Gasteiger partial charge in [-0.1, -0.05) is 42.5 Å². The van der Waals surface area contributed by atoms with Crippen LogP contribution in [0, 0.1) is 0 Å². The fraction of sp³-hybridized carbons (Fsp3) is 0.167. The van der Waals surface area contributed by atoms with Gasteiger partial charge in [0.1, 0.15) is 11.3 Å². The molecule has 0 radical (unpaired) electrons. The molecule has 3 aromatic rings. The zero-order valence-electron chi connectivity index (χ0n) is 11.4. The Labute approximate surface area is 121 Å². The van der Waals surface area contributed by atoms with Crippen molar-refractivity contribution in [3.05, 3.63) is 70.6 Å². The molecule has 0 N–H and O–H groups in total. The first-order chi connectivity index (χ1) is 10.3. The van der Waals surface area contributed by atoms with Crippen LogP contribution in [0.4, 0.5) is 0 Å². The monoisotopic (exact) mass is 278 g/mol. The molecule has 3 heteroatoms. The third kappa shape index (κ3) is 2.26. The predicted octanol–water partition coefficient (Wildman–Crippen LogP) is 3.40. The highest BCUT2D eigenvalue weighted by molar-refractivity contribution is 5.82. The van der Waals surface area contributed by atoms with E-state index in [1.807, 2.05) is 54.6 Å². The Kier molecular flexibility index (Phi) is 2.86. The van der Waals surface area contributed by atoms with Crippen LogP contribution in [0.15, 0.2) is 63.8 Å². The highest BCUT2D eigenvalue weighted by Crippen LogP contribution is 2.27. The molecule has 1 aliphatic heterocycles. The Balaban J connectivity index is 2.01. The number of benzene rings is 2. The van der Waals surface area contributed by atoms with Gasteiger partial charge in [0.2, 0.25) is 5.43 Å². The Morgan fingerprint density at radius 2 is 1.71 bits per heavy atom. The molecule has 1 aromatic heterocycles. The van der Waals surface area contributed by atoms with E-state index in [0.29, 0.717) is 28.7 Å². The molecule has 0 amide bonds. The van der Waals surface area contributed by atoms with Gasteiger partial charge < -0.3 is 9.15 Å². The molecular formula is C18H14O3. The number of fused-ring (bicyclic) bond motifs is 1. The average Bonchev–Trinajstić information content (AvgIpc) is 3.32. The van der Waals surface area contributed by atoms with Gasteiger partial charge in [0, 0.05) is 6.42 Å². The van der Waals surface area contributed by atoms with Crippen molar-refractivity contribution < 1.29 is 9.15 Å². The molecule has 0 spiro atoms. The minimum Gasteiger partial charge on any atom is -0.460 e. The van der Waals surface area contributed by atoms with Gasteiger partial charge in [-0.05, 0) is 17.7 Å². The lowest BCUT2D eigenvalue weighted by Crippen LogP contribution is -2.10. The summed E-state index contributed by atoms with van der Waals surface area (Å²) in [6.07, 6.45) is 0.821. The van der Waals surface area contributed by atoms with Gasteiger partial charge in [-0.15, -0.1) is 0 Å². The van der Waals surface area contributed by atoms with Crippen molar-refractivity contribution in [1.82, 2.24) is 0 Å². The van der Waals surface area contributed by atoms with Crippen molar-refractivity contribution in [2.45, 2.75) is 12.5 Å². The lowest BCUT2D eigenvalue weighted by atomic mass is 10.00. The molecule has 104 valence electrons. The lowest BCUT2D eigenvalue weighted by molar-refractivity contribution is 0.391. The van der Waals surface area contributed by atoms with Crippen LogP contribution in [0.3, 0.4) is 0 Å². The van der Waals surface area contributed by atoms with Gasteiger partial charge in [0.25, 0.3) is 0 Å². The normalized spacial score (nSPS) is 17.0. The van der Waals surface area contributed by atoms with Crippen molar-refractivity contribution in [2.75, 3.05) is 6.61 Å². The summed E-state index contributed by atoms with van der Waals surface area (Å²) in [6.45, 7) is 0.741. The van der Waals surface area contributed by atoms with Crippen LogP contribution >= 0.6 is 0 Å². The fourth-order valence-electron chi connectivity index (χ4n) is 2.62. The van der Waals surface area contributed by atoms with Gasteiger partial charge in [0.05, 0.1) is 23.7 Å². The smallest absolute Gasteiger partial charge is 0.200 e. The minimum atomic E-state index is 0.0266. The van der Waals surface area contributed by atoms with Crippen molar-refractivity contribution >= 4 is 11.0 Å². The third-order valence-corrected chi connectivity index (χ3v) is 3.75. The first kappa shape index (κ1) is 12.4. The summed E-state index contributed by atoms with van der Waals surface area (Å²) in [4.78, 5) is 12.9. The van der Waals surface area contributed by atoms with E-state index in [0.717, 1.165) is 12.2 Å². The largest absolute Gasteiger partial charge is 0.460 e. The fourth-order valence-corrected chi connectivity index (χ4v) is 2.62. The number of rotatable bonds is 3. The first-order valence-electron chi connectivity index (χ1n) is 7.04. The summed E-state index contributed by atoms with van der Waals surface area (Å²) in [5, 5.41) is 0.622. The molecule has 2 aromatic carbocycles. The second kappa shape index (κ2) is 4.86. The van der Waals surface area contributed by atoms with Gasteiger partial charge in [-0.2, -0.15) is 0 Å². The van der Waals surface area contributed by atoms with Crippen LogP contribution in [-0.4, -0.2) is 12.7 Å². The van der Waals surface area contributed by atoms with Gasteiger partial charge >= 0.3 is 0 Å². The van der Waals surface area contributed by atoms with Crippen molar-refractivity contribution in [1.29, 1.82) is 0 Å². The van der Waals surface area contributed by atoms with Crippen LogP contribution in [-0.2, 0) is 11.2 Å². The van der Waals surface area contributed by atoms with E-state index >= 15 is 0 Å². The molecule has 1 atom stereocenters. The molecule has 1 unspecified atom stereocenters. The zero-order chi connectivity index (χ0) is 14.2. The van der Waals surface area contributed by atoms with Crippen molar-refractivity contribution in [3.8, 4) is 11.1 Å². The predicted molar refractivity (Wildman–Crippen MR) is 81.4 cm³/mol. The van der Waals surface area contributed by atoms with Gasteiger partial charge in [0.15, 0.2) is 0 Å². The summed E-state index contributed by atoms with van der Waals surface area (Å²) in [5.74, 6) is 0.715. The summed E-state index contributed by atoms with van der Waals surface area (Å²) in [7, 11) is 0. The van der Waals surface area contributed by atoms with Gasteiger partial charge in [-0.3, -0.25) is 4.79 Å². The van der Waals surface area contributed by atoms with E-state index in [1.165, 1.54) is 0 Å². The molecule has 0 bridgehead atoms. The lowest BCUT2D eigenvalue weighted by Gasteiger charge is -2.09. The van der Waals surface area contributed by atoms with E-state index < -0.39 is 0 Å². The van der Waals surface area contributed by atoms with E-state index in [2.05, 4.69) is 0 Å². The van der Waals surface area contributed by atoms with Crippen LogP contribution < -0.4 is 5.43 Å². The zero-order valence-corrected chi connectivity index (χ0v) is 11.4. The Hall–Kier alpha value is -2.39. The number of epoxide rings is 1. The SMILES string of the molecule is O=c1c(-c2ccccc2)c(CC2CO2)oc2ccccc12. The maximum Gasteiger partial charge on any atom is 0.200 e. The maximum atomic E-state index is 12.9. The van der Waals surface area contributed by atoms with Crippen molar-refractivity contribution in [2.24, 2.45) is 0 Å². The quantitative estimate of drug-likeness (QED) is 0.690. The number of ether oxygens (including phenoxy) is 1. The molecule has 4 rings (SSSR count). The average molecular weight is 278 g/mol. The van der Waals surface area contributed by atoms with Crippen LogP contribution in [0.25, 0.3) is 22.1 Å². The maximum absolute atomic E-state index is 12.9. The number of para-hydroxylation sites is 1. The summed E-state index contributed by atoms with van der Waals surface area (Å²) >= 11 is 0. The Morgan fingerprint density at radius 3 is 2.48 bits per heavy atom. The van der Waals surface area contributed by atoms with E-state index in [4.69, 9.17) is 9.15 Å². The topological polar surface area (TPSA) is 42.7 Å². The molecule has 1 fully saturated rings. The van der Waals surface area contributed by atoms with E-state index in [-0.39, 0.29) is 11.5 Å². The molecule has 0 saturated carbocycles. The van der Waals surface area contributed by atoms with Gasteiger partial charge in [-0.25, -0.2) is 0 Å². The third-order valence-electron chi connectivity index (χ3n) is 3.75.